The van der Waals surface area contributed by atoms with Gasteiger partial charge in [-0.25, -0.2) is 0 Å². The van der Waals surface area contributed by atoms with Crippen LogP contribution in [0.25, 0.3) is 0 Å². The van der Waals surface area contributed by atoms with Crippen molar-refractivity contribution in [1.82, 2.24) is 0 Å². The van der Waals surface area contributed by atoms with Crippen LogP contribution in [0.5, 0.6) is 0 Å². The fraction of sp³-hybridized carbons (Fsp3) is 0.0500. The number of carbonyl (C=O) groups is 1. The predicted octanol–water partition coefficient (Wildman–Crippen LogP) is 3.30. The summed E-state index contributed by atoms with van der Waals surface area (Å²) < 4.78 is 0. The SMILES string of the molecule is C[Si](C(=O)c1ccccc1)(c1ccccc1)c1ccccc1. The van der Waals surface area contributed by atoms with Gasteiger partial charge in [0.2, 0.25) is 0 Å². The van der Waals surface area contributed by atoms with E-state index in [9.17, 15) is 4.79 Å². The molecule has 0 radical (unpaired) electrons. The number of benzene rings is 3. The second-order valence-electron chi connectivity index (χ2n) is 5.55. The lowest BCUT2D eigenvalue weighted by Gasteiger charge is -2.27. The molecule has 0 amide bonds. The van der Waals surface area contributed by atoms with E-state index in [1.165, 1.54) is 0 Å². The van der Waals surface area contributed by atoms with Crippen molar-refractivity contribution in [2.45, 2.75) is 6.55 Å². The van der Waals surface area contributed by atoms with Crippen molar-refractivity contribution >= 4 is 23.9 Å². The zero-order valence-electron chi connectivity index (χ0n) is 12.6. The number of carbonyl (C=O) groups excluding carboxylic acids is 1. The average Bonchev–Trinajstić information content (AvgIpc) is 2.62. The molecule has 0 atom stereocenters. The van der Waals surface area contributed by atoms with Crippen molar-refractivity contribution in [2.75, 3.05) is 0 Å². The Morgan fingerprint density at radius 1 is 0.636 bits per heavy atom. The van der Waals surface area contributed by atoms with Gasteiger partial charge in [0.25, 0.3) is 0 Å². The van der Waals surface area contributed by atoms with Crippen LogP contribution in [0, 0.1) is 0 Å². The van der Waals surface area contributed by atoms with Crippen molar-refractivity contribution in [3.63, 3.8) is 0 Å². The van der Waals surface area contributed by atoms with E-state index in [-0.39, 0.29) is 5.41 Å². The summed E-state index contributed by atoms with van der Waals surface area (Å²) >= 11 is 0. The fourth-order valence-corrected chi connectivity index (χ4v) is 6.17. The molecule has 3 aromatic carbocycles. The Balaban J connectivity index is 2.18. The second kappa shape index (κ2) is 6.12. The quantitative estimate of drug-likeness (QED) is 0.676. The van der Waals surface area contributed by atoms with Gasteiger partial charge in [0.15, 0.2) is 13.5 Å². The van der Waals surface area contributed by atoms with Gasteiger partial charge in [-0.2, -0.15) is 0 Å². The molecule has 0 saturated heterocycles. The lowest BCUT2D eigenvalue weighted by molar-refractivity contribution is 0.107. The smallest absolute Gasteiger partial charge is 0.196 e. The van der Waals surface area contributed by atoms with Gasteiger partial charge in [0.05, 0.1) is 0 Å². The van der Waals surface area contributed by atoms with Crippen molar-refractivity contribution < 1.29 is 4.79 Å². The van der Waals surface area contributed by atoms with Crippen LogP contribution in [0.3, 0.4) is 0 Å². The average molecular weight is 302 g/mol. The Hall–Kier alpha value is -2.45. The third-order valence-electron chi connectivity index (χ3n) is 4.19. The lowest BCUT2D eigenvalue weighted by atomic mass is 10.2. The van der Waals surface area contributed by atoms with E-state index in [2.05, 4.69) is 30.8 Å². The molecule has 0 saturated carbocycles. The minimum absolute atomic E-state index is 0.255. The lowest BCUT2D eigenvalue weighted by Crippen LogP contribution is -2.62. The Morgan fingerprint density at radius 3 is 1.41 bits per heavy atom. The third kappa shape index (κ3) is 2.53. The maximum atomic E-state index is 13.3. The first-order valence-corrected chi connectivity index (χ1v) is 9.94. The number of hydrogen-bond donors (Lipinski definition) is 0. The summed E-state index contributed by atoms with van der Waals surface area (Å²) in [7, 11) is -2.48. The van der Waals surface area contributed by atoms with Gasteiger partial charge in [-0.05, 0) is 10.4 Å². The first kappa shape index (κ1) is 14.5. The van der Waals surface area contributed by atoms with Crippen LogP contribution >= 0.6 is 0 Å². The molecule has 0 aliphatic heterocycles. The van der Waals surface area contributed by atoms with Crippen LogP contribution in [0.1, 0.15) is 10.4 Å². The molecule has 3 rings (SSSR count). The third-order valence-corrected chi connectivity index (χ3v) is 8.37. The minimum atomic E-state index is -2.48. The van der Waals surface area contributed by atoms with E-state index in [0.29, 0.717) is 0 Å². The molecule has 2 heteroatoms. The molecule has 0 N–H and O–H groups in total. The molecule has 3 aromatic rings. The molecule has 0 heterocycles. The molecular weight excluding hydrogens is 284 g/mol. The molecule has 0 aliphatic carbocycles. The van der Waals surface area contributed by atoms with E-state index in [1.54, 1.807) is 0 Å². The highest BCUT2D eigenvalue weighted by Gasteiger charge is 2.40. The van der Waals surface area contributed by atoms with Gasteiger partial charge < -0.3 is 0 Å². The Bertz CT molecular complexity index is 712. The van der Waals surface area contributed by atoms with E-state index in [0.717, 1.165) is 15.9 Å². The van der Waals surface area contributed by atoms with Gasteiger partial charge in [0, 0.05) is 5.56 Å². The molecule has 108 valence electrons. The first-order valence-electron chi connectivity index (χ1n) is 7.44. The molecule has 0 aromatic heterocycles. The normalized spacial score (nSPS) is 11.1. The van der Waals surface area contributed by atoms with Crippen LogP contribution in [-0.4, -0.2) is 13.5 Å². The molecule has 0 unspecified atom stereocenters. The number of hydrogen-bond acceptors (Lipinski definition) is 1. The van der Waals surface area contributed by atoms with Crippen LogP contribution in [0.2, 0.25) is 6.55 Å². The van der Waals surface area contributed by atoms with E-state index < -0.39 is 8.07 Å². The van der Waals surface area contributed by atoms with Gasteiger partial charge in [-0.3, -0.25) is 4.79 Å². The monoisotopic (exact) mass is 302 g/mol. The van der Waals surface area contributed by atoms with Crippen LogP contribution < -0.4 is 10.4 Å². The standard InChI is InChI=1S/C20H18OSi/c1-22(18-13-7-3-8-14-18,19-15-9-4-10-16-19)20(21)17-11-5-2-6-12-17/h2-16H,1H3. The predicted molar refractivity (Wildman–Crippen MR) is 94.5 cm³/mol. The van der Waals surface area contributed by atoms with Crippen LogP contribution in [0.4, 0.5) is 0 Å². The van der Waals surface area contributed by atoms with Gasteiger partial charge in [-0.1, -0.05) is 97.5 Å². The molecule has 1 nitrogen and oxygen atoms in total. The summed E-state index contributed by atoms with van der Waals surface area (Å²) in [5.41, 5.74) is 0.796. The molecular formula is C20H18OSi. The van der Waals surface area contributed by atoms with E-state index in [1.807, 2.05) is 66.7 Å². The summed E-state index contributed by atoms with van der Waals surface area (Å²) in [6, 6.07) is 30.0. The highest BCUT2D eigenvalue weighted by Crippen LogP contribution is 2.13. The Morgan fingerprint density at radius 2 is 1.00 bits per heavy atom. The minimum Gasteiger partial charge on any atom is -0.299 e. The van der Waals surface area contributed by atoms with Crippen molar-refractivity contribution in [3.05, 3.63) is 96.6 Å². The summed E-state index contributed by atoms with van der Waals surface area (Å²) in [5, 5.41) is 2.55. The van der Waals surface area contributed by atoms with Crippen molar-refractivity contribution in [1.29, 1.82) is 0 Å². The van der Waals surface area contributed by atoms with Crippen LogP contribution in [0.15, 0.2) is 91.0 Å². The topological polar surface area (TPSA) is 17.1 Å². The van der Waals surface area contributed by atoms with Crippen LogP contribution in [-0.2, 0) is 0 Å². The van der Waals surface area contributed by atoms with Crippen molar-refractivity contribution in [2.24, 2.45) is 0 Å². The highest BCUT2D eigenvalue weighted by atomic mass is 28.3. The molecule has 0 bridgehead atoms. The fourth-order valence-electron chi connectivity index (χ4n) is 2.85. The molecule has 0 aliphatic rings. The Kier molecular flexibility index (Phi) is 4.03. The van der Waals surface area contributed by atoms with Crippen molar-refractivity contribution in [3.8, 4) is 0 Å². The summed E-state index contributed by atoms with van der Waals surface area (Å²) in [4.78, 5) is 13.3. The highest BCUT2D eigenvalue weighted by molar-refractivity contribution is 7.23. The van der Waals surface area contributed by atoms with Gasteiger partial charge in [0.1, 0.15) is 0 Å². The van der Waals surface area contributed by atoms with Gasteiger partial charge >= 0.3 is 0 Å². The maximum Gasteiger partial charge on any atom is 0.196 e. The number of rotatable bonds is 4. The molecule has 0 fully saturated rings. The second-order valence-corrected chi connectivity index (χ2v) is 9.41. The van der Waals surface area contributed by atoms with E-state index >= 15 is 0 Å². The summed E-state index contributed by atoms with van der Waals surface area (Å²) in [6.07, 6.45) is 0. The summed E-state index contributed by atoms with van der Waals surface area (Å²) in [6.45, 7) is 2.15. The molecule has 0 spiro atoms. The first-order chi connectivity index (χ1) is 10.7. The Labute approximate surface area is 132 Å². The molecule has 22 heavy (non-hydrogen) atoms. The zero-order chi connectivity index (χ0) is 15.4. The summed E-state index contributed by atoms with van der Waals surface area (Å²) in [5.74, 6) is 0. The largest absolute Gasteiger partial charge is 0.299 e. The van der Waals surface area contributed by atoms with Gasteiger partial charge in [-0.15, -0.1) is 0 Å². The zero-order valence-corrected chi connectivity index (χ0v) is 13.6. The maximum absolute atomic E-state index is 13.3. The van der Waals surface area contributed by atoms with E-state index in [4.69, 9.17) is 0 Å².